The third kappa shape index (κ3) is 5.52. The molecule has 0 saturated heterocycles. The summed E-state index contributed by atoms with van der Waals surface area (Å²) in [6, 6.07) is 15.7. The van der Waals surface area contributed by atoms with Crippen LogP contribution in [-0.2, 0) is 26.9 Å². The van der Waals surface area contributed by atoms with Crippen LogP contribution in [-0.4, -0.2) is 31.8 Å². The van der Waals surface area contributed by atoms with Crippen molar-refractivity contribution in [3.8, 4) is 0 Å². The van der Waals surface area contributed by atoms with E-state index in [1.54, 1.807) is 55.5 Å². The van der Waals surface area contributed by atoms with Gasteiger partial charge < -0.3 is 4.74 Å². The zero-order valence-corrected chi connectivity index (χ0v) is 17.8. The summed E-state index contributed by atoms with van der Waals surface area (Å²) in [5, 5.41) is 0.103. The third-order valence-corrected chi connectivity index (χ3v) is 6.27. The predicted octanol–water partition coefficient (Wildman–Crippen LogP) is 3.69. The number of rotatable bonds is 9. The number of nitrogens with one attached hydrogen (secondary N) is 1. The lowest BCUT2D eigenvalue weighted by Gasteiger charge is -2.11. The molecule has 0 amide bonds. The molecule has 1 aromatic heterocycles. The first-order valence-electron chi connectivity index (χ1n) is 9.15. The highest BCUT2D eigenvalue weighted by atomic mass is 32.2. The lowest BCUT2D eigenvalue weighted by molar-refractivity contribution is 0.0521. The Morgan fingerprint density at radius 2 is 1.70 bits per heavy atom. The molecule has 7 nitrogen and oxygen atoms in total. The van der Waals surface area contributed by atoms with Gasteiger partial charge in [0.2, 0.25) is 10.0 Å². The van der Waals surface area contributed by atoms with E-state index in [0.29, 0.717) is 16.7 Å². The molecule has 2 aromatic carbocycles. The molecular weight excluding hydrogens is 424 g/mol. The van der Waals surface area contributed by atoms with Gasteiger partial charge in [0.1, 0.15) is 5.00 Å². The Labute approximate surface area is 178 Å². The van der Waals surface area contributed by atoms with Crippen LogP contribution in [0.4, 0.5) is 5.00 Å². The van der Waals surface area contributed by atoms with E-state index in [-0.39, 0.29) is 35.3 Å². The lowest BCUT2D eigenvalue weighted by atomic mass is 9.99. The molecule has 0 aliphatic rings. The van der Waals surface area contributed by atoms with Crippen LogP contribution in [0.15, 0.2) is 60.1 Å². The highest BCUT2D eigenvalue weighted by Gasteiger charge is 2.22. The SMILES string of the molecule is CCOC(=O)c1ncsc1NS(=O)(=O)Cc1ccccc1CC(=O)c1ccccc1. The van der Waals surface area contributed by atoms with Gasteiger partial charge in [0.05, 0.1) is 17.9 Å². The Hall–Kier alpha value is -3.04. The molecule has 156 valence electrons. The maximum Gasteiger partial charge on any atom is 0.360 e. The van der Waals surface area contributed by atoms with Crippen molar-refractivity contribution in [3.05, 3.63) is 82.5 Å². The van der Waals surface area contributed by atoms with Crippen LogP contribution in [0, 0.1) is 0 Å². The van der Waals surface area contributed by atoms with Crippen molar-refractivity contribution >= 4 is 38.1 Å². The monoisotopic (exact) mass is 444 g/mol. The van der Waals surface area contributed by atoms with Gasteiger partial charge in [-0.15, -0.1) is 11.3 Å². The maximum atomic E-state index is 12.7. The zero-order chi connectivity index (χ0) is 21.6. The predicted molar refractivity (Wildman–Crippen MR) is 115 cm³/mol. The topological polar surface area (TPSA) is 102 Å². The summed E-state index contributed by atoms with van der Waals surface area (Å²) in [7, 11) is -3.85. The minimum Gasteiger partial charge on any atom is -0.461 e. The summed E-state index contributed by atoms with van der Waals surface area (Å²) < 4.78 is 32.8. The van der Waals surface area contributed by atoms with Crippen molar-refractivity contribution in [2.45, 2.75) is 19.1 Å². The highest BCUT2D eigenvalue weighted by molar-refractivity contribution is 7.92. The number of thiazole rings is 1. The highest BCUT2D eigenvalue weighted by Crippen LogP contribution is 2.24. The first kappa shape index (κ1) is 21.7. The second-order valence-corrected chi connectivity index (χ2v) is 8.92. The van der Waals surface area contributed by atoms with Crippen molar-refractivity contribution in [1.82, 2.24) is 4.98 Å². The second kappa shape index (κ2) is 9.64. The molecule has 1 N–H and O–H groups in total. The minimum atomic E-state index is -3.85. The summed E-state index contributed by atoms with van der Waals surface area (Å²) in [5.41, 5.74) is 3.01. The van der Waals surface area contributed by atoms with E-state index in [2.05, 4.69) is 9.71 Å². The summed E-state index contributed by atoms with van der Waals surface area (Å²) >= 11 is 0.997. The Morgan fingerprint density at radius 1 is 1.03 bits per heavy atom. The lowest BCUT2D eigenvalue weighted by Crippen LogP contribution is -2.18. The summed E-state index contributed by atoms with van der Waals surface area (Å²) in [5.74, 6) is -1.13. The Morgan fingerprint density at radius 3 is 2.40 bits per heavy atom. The quantitative estimate of drug-likeness (QED) is 0.399. The molecule has 0 bridgehead atoms. The number of anilines is 1. The van der Waals surface area contributed by atoms with Crippen LogP contribution in [0.2, 0.25) is 0 Å². The van der Waals surface area contributed by atoms with E-state index in [0.717, 1.165) is 11.3 Å². The fourth-order valence-electron chi connectivity index (χ4n) is 2.82. The van der Waals surface area contributed by atoms with Gasteiger partial charge in [0.25, 0.3) is 0 Å². The van der Waals surface area contributed by atoms with E-state index >= 15 is 0 Å². The average Bonchev–Trinajstić information content (AvgIpc) is 3.17. The Balaban J connectivity index is 1.77. The number of ketones is 1. The van der Waals surface area contributed by atoms with Crippen LogP contribution in [0.5, 0.6) is 0 Å². The van der Waals surface area contributed by atoms with Crippen molar-refractivity contribution in [2.24, 2.45) is 0 Å². The first-order valence-corrected chi connectivity index (χ1v) is 11.7. The van der Waals surface area contributed by atoms with E-state index in [1.807, 2.05) is 6.07 Å². The van der Waals surface area contributed by atoms with Crippen LogP contribution in [0.1, 0.15) is 38.9 Å². The molecule has 0 aliphatic carbocycles. The number of esters is 1. The van der Waals surface area contributed by atoms with Crippen molar-refractivity contribution < 1.29 is 22.7 Å². The molecule has 0 atom stereocenters. The van der Waals surface area contributed by atoms with Gasteiger partial charge in [-0.1, -0.05) is 54.6 Å². The number of benzene rings is 2. The smallest absolute Gasteiger partial charge is 0.360 e. The van der Waals surface area contributed by atoms with Gasteiger partial charge >= 0.3 is 5.97 Å². The second-order valence-electron chi connectivity index (χ2n) is 6.35. The molecule has 0 fully saturated rings. The van der Waals surface area contributed by atoms with Gasteiger partial charge in [0.15, 0.2) is 11.5 Å². The standard InChI is InChI=1S/C21H20N2O5S2/c1-2-28-21(25)19-20(29-14-22-19)23-30(26,27)13-17-11-7-6-10-16(17)12-18(24)15-8-4-3-5-9-15/h3-11,14,23H,2,12-13H2,1H3. The fourth-order valence-corrected chi connectivity index (χ4v) is 5.04. The fraction of sp³-hybridized carbons (Fsp3) is 0.190. The summed E-state index contributed by atoms with van der Waals surface area (Å²) in [4.78, 5) is 28.4. The van der Waals surface area contributed by atoms with Crippen LogP contribution in [0.25, 0.3) is 0 Å². The van der Waals surface area contributed by atoms with Gasteiger partial charge in [-0.25, -0.2) is 18.2 Å². The third-order valence-electron chi connectivity index (χ3n) is 4.20. The molecular formula is C21H20N2O5S2. The average molecular weight is 445 g/mol. The molecule has 9 heteroatoms. The molecule has 3 rings (SSSR count). The first-order chi connectivity index (χ1) is 14.4. The number of carbonyl (C=O) groups is 2. The van der Waals surface area contributed by atoms with Gasteiger partial charge in [-0.05, 0) is 18.1 Å². The van der Waals surface area contributed by atoms with Crippen LogP contribution >= 0.6 is 11.3 Å². The van der Waals surface area contributed by atoms with E-state index in [4.69, 9.17) is 4.74 Å². The largest absolute Gasteiger partial charge is 0.461 e. The van der Waals surface area contributed by atoms with Gasteiger partial charge in [0, 0.05) is 12.0 Å². The maximum absolute atomic E-state index is 12.7. The number of hydrogen-bond donors (Lipinski definition) is 1. The Kier molecular flexibility index (Phi) is 6.96. The van der Waals surface area contributed by atoms with Gasteiger partial charge in [-0.3, -0.25) is 9.52 Å². The summed E-state index contributed by atoms with van der Waals surface area (Å²) in [6.07, 6.45) is 0.0876. The number of carbonyl (C=O) groups excluding carboxylic acids is 2. The van der Waals surface area contributed by atoms with E-state index in [9.17, 15) is 18.0 Å². The van der Waals surface area contributed by atoms with Crippen LogP contribution in [0.3, 0.4) is 0 Å². The zero-order valence-electron chi connectivity index (χ0n) is 16.2. The molecule has 1 heterocycles. The number of sulfonamides is 1. The van der Waals surface area contributed by atoms with Crippen molar-refractivity contribution in [3.63, 3.8) is 0 Å². The van der Waals surface area contributed by atoms with Crippen molar-refractivity contribution in [1.29, 1.82) is 0 Å². The number of hydrogen-bond acceptors (Lipinski definition) is 7. The number of Topliss-reactive ketones (excluding diaryl/α,β-unsaturated/α-hetero) is 1. The molecule has 0 aliphatic heterocycles. The van der Waals surface area contributed by atoms with Crippen LogP contribution < -0.4 is 4.72 Å². The number of ether oxygens (including phenoxy) is 1. The van der Waals surface area contributed by atoms with E-state index in [1.165, 1.54) is 5.51 Å². The molecule has 0 spiro atoms. The molecule has 0 unspecified atom stereocenters. The summed E-state index contributed by atoms with van der Waals surface area (Å²) in [6.45, 7) is 1.81. The molecule has 30 heavy (non-hydrogen) atoms. The number of aromatic nitrogens is 1. The van der Waals surface area contributed by atoms with E-state index < -0.39 is 16.0 Å². The Bertz CT molecular complexity index is 1140. The minimum absolute atomic E-state index is 0.0713. The molecule has 3 aromatic rings. The number of nitrogens with zero attached hydrogens (tertiary/aromatic N) is 1. The van der Waals surface area contributed by atoms with Gasteiger partial charge in [-0.2, -0.15) is 0 Å². The molecule has 0 saturated carbocycles. The normalized spacial score (nSPS) is 11.1. The van der Waals surface area contributed by atoms with Crippen molar-refractivity contribution in [2.75, 3.05) is 11.3 Å². The molecule has 0 radical (unpaired) electrons.